The molecule has 6 heteroatoms. The molecule has 1 N–H and O–H groups in total. The first kappa shape index (κ1) is 16.6. The fourth-order valence-corrected chi connectivity index (χ4v) is 3.05. The molecule has 0 spiro atoms. The van der Waals surface area contributed by atoms with Gasteiger partial charge in [-0.25, -0.2) is 15.0 Å². The van der Waals surface area contributed by atoms with Crippen LogP contribution in [0.1, 0.15) is 34.6 Å². The Morgan fingerprint density at radius 3 is 2.33 bits per heavy atom. The standard InChI is InChI=1S/C18H22N4OS/c1-11(2)19-17-22-14(10-24-17)15-16(23-18(3,4)5)21-13-9-7-6-8-12(13)20-15/h6-11H,1-5H3,(H,19,22). The highest BCUT2D eigenvalue weighted by Crippen LogP contribution is 2.33. The summed E-state index contributed by atoms with van der Waals surface area (Å²) < 4.78 is 6.06. The van der Waals surface area contributed by atoms with Gasteiger partial charge in [0.1, 0.15) is 11.3 Å². The molecular weight excluding hydrogens is 320 g/mol. The molecule has 0 atom stereocenters. The predicted octanol–water partition coefficient (Wildman–Crippen LogP) is 4.75. The number of hydrogen-bond donors (Lipinski definition) is 1. The molecule has 0 amide bonds. The molecule has 0 saturated carbocycles. The van der Waals surface area contributed by atoms with Gasteiger partial charge in [0.2, 0.25) is 5.88 Å². The molecule has 24 heavy (non-hydrogen) atoms. The largest absolute Gasteiger partial charge is 0.470 e. The number of para-hydroxylation sites is 2. The highest BCUT2D eigenvalue weighted by Gasteiger charge is 2.21. The monoisotopic (exact) mass is 342 g/mol. The first-order valence-corrected chi connectivity index (χ1v) is 8.88. The van der Waals surface area contributed by atoms with Crippen LogP contribution in [0.4, 0.5) is 5.13 Å². The van der Waals surface area contributed by atoms with Crippen molar-refractivity contribution in [2.45, 2.75) is 46.3 Å². The molecule has 0 saturated heterocycles. The van der Waals surface area contributed by atoms with Gasteiger partial charge < -0.3 is 10.1 Å². The van der Waals surface area contributed by atoms with Gasteiger partial charge in [0.15, 0.2) is 10.8 Å². The van der Waals surface area contributed by atoms with E-state index in [2.05, 4.69) is 29.1 Å². The molecule has 0 bridgehead atoms. The summed E-state index contributed by atoms with van der Waals surface area (Å²) >= 11 is 1.56. The van der Waals surface area contributed by atoms with Gasteiger partial charge in [-0.05, 0) is 46.8 Å². The number of nitrogens with one attached hydrogen (secondary N) is 1. The summed E-state index contributed by atoms with van der Waals surface area (Å²) in [5, 5.41) is 6.18. The Labute approximate surface area is 146 Å². The quantitative estimate of drug-likeness (QED) is 0.741. The van der Waals surface area contributed by atoms with Crippen molar-refractivity contribution in [1.82, 2.24) is 15.0 Å². The number of thiazole rings is 1. The summed E-state index contributed by atoms with van der Waals surface area (Å²) in [6.07, 6.45) is 0. The number of hydrogen-bond acceptors (Lipinski definition) is 6. The van der Waals surface area contributed by atoms with Crippen LogP contribution in [0.5, 0.6) is 5.88 Å². The van der Waals surface area contributed by atoms with Gasteiger partial charge in [-0.1, -0.05) is 12.1 Å². The third kappa shape index (κ3) is 3.82. The zero-order chi connectivity index (χ0) is 17.3. The number of benzene rings is 1. The topological polar surface area (TPSA) is 59.9 Å². The Hall–Kier alpha value is -2.21. The Morgan fingerprint density at radius 1 is 1.04 bits per heavy atom. The minimum absolute atomic E-state index is 0.331. The Morgan fingerprint density at radius 2 is 1.71 bits per heavy atom. The van der Waals surface area contributed by atoms with E-state index in [1.165, 1.54) is 0 Å². The van der Waals surface area contributed by atoms with Crippen molar-refractivity contribution in [3.8, 4) is 17.3 Å². The van der Waals surface area contributed by atoms with Crippen molar-refractivity contribution < 1.29 is 4.74 Å². The molecule has 0 aliphatic heterocycles. The lowest BCUT2D eigenvalue weighted by Gasteiger charge is -2.21. The molecule has 0 fully saturated rings. The Kier molecular flexibility index (Phi) is 4.41. The third-order valence-corrected chi connectivity index (χ3v) is 3.87. The molecule has 2 aromatic heterocycles. The van der Waals surface area contributed by atoms with Gasteiger partial charge in [0.25, 0.3) is 0 Å². The molecule has 3 rings (SSSR count). The van der Waals surface area contributed by atoms with E-state index < -0.39 is 0 Å². The summed E-state index contributed by atoms with van der Waals surface area (Å²) in [7, 11) is 0. The van der Waals surface area contributed by atoms with Crippen LogP contribution in [0.3, 0.4) is 0 Å². The lowest BCUT2D eigenvalue weighted by atomic mass is 10.2. The molecule has 2 heterocycles. The molecule has 126 valence electrons. The zero-order valence-electron chi connectivity index (χ0n) is 14.6. The SMILES string of the molecule is CC(C)Nc1nc(-c2nc3ccccc3nc2OC(C)(C)C)cs1. The maximum atomic E-state index is 6.06. The minimum Gasteiger partial charge on any atom is -0.470 e. The van der Waals surface area contributed by atoms with Crippen LogP contribution in [0, 0.1) is 0 Å². The summed E-state index contributed by atoms with van der Waals surface area (Å²) in [4.78, 5) is 14.1. The molecular formula is C18H22N4OS. The van der Waals surface area contributed by atoms with Crippen molar-refractivity contribution >= 4 is 27.5 Å². The summed E-state index contributed by atoms with van der Waals surface area (Å²) in [6.45, 7) is 10.2. The maximum Gasteiger partial charge on any atom is 0.243 e. The number of fused-ring (bicyclic) bond motifs is 1. The maximum absolute atomic E-state index is 6.06. The highest BCUT2D eigenvalue weighted by molar-refractivity contribution is 7.14. The van der Waals surface area contributed by atoms with Crippen molar-refractivity contribution in [1.29, 1.82) is 0 Å². The fraction of sp³-hybridized carbons (Fsp3) is 0.389. The smallest absolute Gasteiger partial charge is 0.243 e. The molecule has 1 aromatic carbocycles. The second-order valence-electron chi connectivity index (χ2n) is 6.92. The van der Waals surface area contributed by atoms with E-state index in [1.807, 2.05) is 50.4 Å². The number of anilines is 1. The third-order valence-electron chi connectivity index (χ3n) is 3.10. The minimum atomic E-state index is -0.360. The fourth-order valence-electron chi connectivity index (χ4n) is 2.21. The summed E-state index contributed by atoms with van der Waals surface area (Å²) in [5.41, 5.74) is 2.75. The van der Waals surface area contributed by atoms with Gasteiger partial charge in [0, 0.05) is 11.4 Å². The van der Waals surface area contributed by atoms with Gasteiger partial charge in [-0.3, -0.25) is 0 Å². The Bertz CT molecular complexity index is 852. The average molecular weight is 342 g/mol. The van der Waals surface area contributed by atoms with Crippen molar-refractivity contribution in [2.24, 2.45) is 0 Å². The van der Waals surface area contributed by atoms with E-state index in [9.17, 15) is 0 Å². The molecule has 0 aliphatic carbocycles. The van der Waals surface area contributed by atoms with E-state index in [0.717, 1.165) is 21.9 Å². The number of nitrogens with zero attached hydrogens (tertiary/aromatic N) is 3. The molecule has 3 aromatic rings. The van der Waals surface area contributed by atoms with Crippen LogP contribution in [-0.2, 0) is 0 Å². The van der Waals surface area contributed by atoms with Crippen molar-refractivity contribution in [3.63, 3.8) is 0 Å². The van der Waals surface area contributed by atoms with Crippen molar-refractivity contribution in [3.05, 3.63) is 29.6 Å². The van der Waals surface area contributed by atoms with Crippen molar-refractivity contribution in [2.75, 3.05) is 5.32 Å². The lowest BCUT2D eigenvalue weighted by molar-refractivity contribution is 0.125. The van der Waals surface area contributed by atoms with Crippen LogP contribution in [0.25, 0.3) is 22.4 Å². The van der Waals surface area contributed by atoms with E-state index in [4.69, 9.17) is 9.72 Å². The molecule has 5 nitrogen and oxygen atoms in total. The van der Waals surface area contributed by atoms with E-state index >= 15 is 0 Å². The normalized spacial score (nSPS) is 11.9. The Balaban J connectivity index is 2.10. The van der Waals surface area contributed by atoms with Gasteiger partial charge >= 0.3 is 0 Å². The van der Waals surface area contributed by atoms with E-state index in [1.54, 1.807) is 11.3 Å². The van der Waals surface area contributed by atoms with Crippen LogP contribution < -0.4 is 10.1 Å². The highest BCUT2D eigenvalue weighted by atomic mass is 32.1. The summed E-state index contributed by atoms with van der Waals surface area (Å²) in [6, 6.07) is 8.13. The van der Waals surface area contributed by atoms with E-state index in [-0.39, 0.29) is 5.60 Å². The number of ether oxygens (including phenoxy) is 1. The lowest BCUT2D eigenvalue weighted by Crippen LogP contribution is -2.24. The predicted molar refractivity (Wildman–Crippen MR) is 99.8 cm³/mol. The number of aromatic nitrogens is 3. The van der Waals surface area contributed by atoms with Gasteiger partial charge in [-0.15, -0.1) is 11.3 Å². The van der Waals surface area contributed by atoms with Crippen LogP contribution in [-0.4, -0.2) is 26.6 Å². The molecule has 0 unspecified atom stereocenters. The number of rotatable bonds is 4. The van der Waals surface area contributed by atoms with Crippen LogP contribution in [0.15, 0.2) is 29.6 Å². The first-order chi connectivity index (χ1) is 11.3. The average Bonchev–Trinajstić information content (AvgIpc) is 2.92. The zero-order valence-corrected chi connectivity index (χ0v) is 15.4. The van der Waals surface area contributed by atoms with Crippen LogP contribution in [0.2, 0.25) is 0 Å². The molecule has 0 radical (unpaired) electrons. The van der Waals surface area contributed by atoms with E-state index in [0.29, 0.717) is 17.6 Å². The van der Waals surface area contributed by atoms with Gasteiger partial charge in [0.05, 0.1) is 11.0 Å². The van der Waals surface area contributed by atoms with Crippen LogP contribution >= 0.6 is 11.3 Å². The summed E-state index contributed by atoms with van der Waals surface area (Å²) in [5.74, 6) is 0.516. The first-order valence-electron chi connectivity index (χ1n) is 8.00. The molecule has 0 aliphatic rings. The second kappa shape index (κ2) is 6.36. The van der Waals surface area contributed by atoms with Gasteiger partial charge in [-0.2, -0.15) is 0 Å². The second-order valence-corrected chi connectivity index (χ2v) is 7.78.